The molecule has 5 nitrogen and oxygen atoms in total. The molecule has 0 atom stereocenters. The molecule has 0 spiro atoms. The van der Waals surface area contributed by atoms with Gasteiger partial charge in [0.05, 0.1) is 12.1 Å². The first-order valence-electron chi connectivity index (χ1n) is 5.71. The Labute approximate surface area is 127 Å². The van der Waals surface area contributed by atoms with Gasteiger partial charge in [-0.3, -0.25) is 4.79 Å². The molecule has 0 aliphatic carbocycles. The second kappa shape index (κ2) is 6.29. The highest BCUT2D eigenvalue weighted by Crippen LogP contribution is 2.21. The van der Waals surface area contributed by atoms with Crippen molar-refractivity contribution in [1.82, 2.24) is 20.1 Å². The molecule has 0 aliphatic rings. The van der Waals surface area contributed by atoms with Gasteiger partial charge in [-0.1, -0.05) is 15.9 Å². The first kappa shape index (κ1) is 14.2. The second-order valence-electron chi connectivity index (χ2n) is 3.84. The van der Waals surface area contributed by atoms with Crippen LogP contribution in [0.15, 0.2) is 33.5 Å². The van der Waals surface area contributed by atoms with E-state index in [1.807, 2.05) is 23.6 Å². The first-order chi connectivity index (χ1) is 9.11. The Morgan fingerprint density at radius 2 is 2.21 bits per heavy atom. The molecule has 100 valence electrons. The molecule has 2 aromatic rings. The van der Waals surface area contributed by atoms with Crippen molar-refractivity contribution in [3.05, 3.63) is 44.9 Å². The predicted octanol–water partition coefficient (Wildman–Crippen LogP) is 2.75. The fraction of sp³-hybridized carbons (Fsp3) is 0.250. The van der Waals surface area contributed by atoms with E-state index >= 15 is 0 Å². The van der Waals surface area contributed by atoms with Gasteiger partial charge in [0.2, 0.25) is 0 Å². The topological polar surface area (TPSA) is 59.8 Å². The SMILES string of the molecule is CCn1cnnc1CNC(=O)c1cc(Br)ccc1Br. The van der Waals surface area contributed by atoms with Crippen LogP contribution in [0, 0.1) is 0 Å². The maximum Gasteiger partial charge on any atom is 0.252 e. The van der Waals surface area contributed by atoms with Crippen molar-refractivity contribution < 1.29 is 4.79 Å². The van der Waals surface area contributed by atoms with E-state index in [-0.39, 0.29) is 5.91 Å². The average Bonchev–Trinajstić information content (AvgIpc) is 2.86. The van der Waals surface area contributed by atoms with E-state index in [1.165, 1.54) is 0 Å². The van der Waals surface area contributed by atoms with Gasteiger partial charge in [0.15, 0.2) is 5.82 Å². The maximum atomic E-state index is 12.1. The number of carbonyl (C=O) groups excluding carboxylic acids is 1. The van der Waals surface area contributed by atoms with E-state index in [4.69, 9.17) is 0 Å². The molecule has 7 heteroatoms. The number of nitrogens with zero attached hydrogens (tertiary/aromatic N) is 3. The molecule has 0 unspecified atom stereocenters. The van der Waals surface area contributed by atoms with Gasteiger partial charge in [0.25, 0.3) is 5.91 Å². The summed E-state index contributed by atoms with van der Waals surface area (Å²) in [5.41, 5.74) is 0.580. The number of hydrogen-bond donors (Lipinski definition) is 1. The molecule has 0 aliphatic heterocycles. The predicted molar refractivity (Wildman–Crippen MR) is 78.7 cm³/mol. The van der Waals surface area contributed by atoms with E-state index in [1.54, 1.807) is 12.4 Å². The highest BCUT2D eigenvalue weighted by Gasteiger charge is 2.11. The maximum absolute atomic E-state index is 12.1. The number of hydrogen-bond acceptors (Lipinski definition) is 3. The van der Waals surface area contributed by atoms with Crippen molar-refractivity contribution in [2.24, 2.45) is 0 Å². The standard InChI is InChI=1S/C12H12Br2N4O/c1-2-18-7-16-17-11(18)6-15-12(19)9-5-8(13)3-4-10(9)14/h3-5,7H,2,6H2,1H3,(H,15,19). The molecule has 1 aromatic carbocycles. The van der Waals surface area contributed by atoms with Crippen LogP contribution < -0.4 is 5.32 Å². The number of halogens is 2. The van der Waals surface area contributed by atoms with Gasteiger partial charge in [0, 0.05) is 15.5 Å². The van der Waals surface area contributed by atoms with Crippen LogP contribution in [-0.4, -0.2) is 20.7 Å². The van der Waals surface area contributed by atoms with Crippen molar-refractivity contribution in [1.29, 1.82) is 0 Å². The van der Waals surface area contributed by atoms with Crippen LogP contribution in [0.2, 0.25) is 0 Å². The third-order valence-electron chi connectivity index (χ3n) is 2.62. The number of aromatic nitrogens is 3. The van der Waals surface area contributed by atoms with Gasteiger partial charge in [-0.15, -0.1) is 10.2 Å². The lowest BCUT2D eigenvalue weighted by molar-refractivity contribution is 0.0948. The Morgan fingerprint density at radius 3 is 2.95 bits per heavy atom. The van der Waals surface area contributed by atoms with Crippen LogP contribution in [0.3, 0.4) is 0 Å². The number of benzene rings is 1. The molecule has 1 aromatic heterocycles. The summed E-state index contributed by atoms with van der Waals surface area (Å²) < 4.78 is 3.50. The summed E-state index contributed by atoms with van der Waals surface area (Å²) in [5, 5.41) is 10.6. The zero-order chi connectivity index (χ0) is 13.8. The molecule has 0 fully saturated rings. The second-order valence-corrected chi connectivity index (χ2v) is 5.61. The summed E-state index contributed by atoms with van der Waals surface area (Å²) in [6.45, 7) is 3.13. The van der Waals surface area contributed by atoms with Crippen LogP contribution in [0.5, 0.6) is 0 Å². The summed E-state index contributed by atoms with van der Waals surface area (Å²) in [6, 6.07) is 5.46. The normalized spacial score (nSPS) is 10.5. The van der Waals surface area contributed by atoms with Crippen LogP contribution >= 0.6 is 31.9 Å². The number of rotatable bonds is 4. The highest BCUT2D eigenvalue weighted by molar-refractivity contribution is 9.11. The molecule has 1 heterocycles. The molecule has 0 radical (unpaired) electrons. The minimum absolute atomic E-state index is 0.154. The summed E-state index contributed by atoms with van der Waals surface area (Å²) in [7, 11) is 0. The fourth-order valence-corrected chi connectivity index (χ4v) is 2.39. The van der Waals surface area contributed by atoms with E-state index in [0.29, 0.717) is 12.1 Å². The lowest BCUT2D eigenvalue weighted by Gasteiger charge is -2.07. The molecule has 1 amide bonds. The lowest BCUT2D eigenvalue weighted by atomic mass is 10.2. The Balaban J connectivity index is 2.07. The molecular weight excluding hydrogens is 376 g/mol. The van der Waals surface area contributed by atoms with Crippen LogP contribution in [0.4, 0.5) is 0 Å². The van der Waals surface area contributed by atoms with Crippen molar-refractivity contribution in [2.75, 3.05) is 0 Å². The molecule has 0 saturated carbocycles. The Kier molecular flexibility index (Phi) is 4.71. The van der Waals surface area contributed by atoms with E-state index in [9.17, 15) is 4.79 Å². The number of amides is 1. The molecule has 2 rings (SSSR count). The highest BCUT2D eigenvalue weighted by atomic mass is 79.9. The van der Waals surface area contributed by atoms with E-state index < -0.39 is 0 Å². The Hall–Kier alpha value is -1.21. The van der Waals surface area contributed by atoms with Gasteiger partial charge in [-0.05, 0) is 41.1 Å². The minimum Gasteiger partial charge on any atom is -0.345 e. The Morgan fingerprint density at radius 1 is 1.42 bits per heavy atom. The largest absolute Gasteiger partial charge is 0.345 e. The van der Waals surface area contributed by atoms with Crippen LogP contribution in [0.25, 0.3) is 0 Å². The van der Waals surface area contributed by atoms with Gasteiger partial charge < -0.3 is 9.88 Å². The van der Waals surface area contributed by atoms with Crippen molar-refractivity contribution >= 4 is 37.8 Å². The summed E-state index contributed by atoms with van der Waals surface area (Å²) in [5.74, 6) is 0.584. The van der Waals surface area contributed by atoms with E-state index in [0.717, 1.165) is 21.3 Å². The third kappa shape index (κ3) is 3.42. The summed E-state index contributed by atoms with van der Waals surface area (Å²) in [4.78, 5) is 12.1. The lowest BCUT2D eigenvalue weighted by Crippen LogP contribution is -2.25. The number of aryl methyl sites for hydroxylation is 1. The zero-order valence-electron chi connectivity index (χ0n) is 10.2. The number of carbonyl (C=O) groups is 1. The van der Waals surface area contributed by atoms with Gasteiger partial charge >= 0.3 is 0 Å². The number of nitrogens with one attached hydrogen (secondary N) is 1. The van der Waals surface area contributed by atoms with Gasteiger partial charge in [-0.25, -0.2) is 0 Å². The average molecular weight is 388 g/mol. The Bertz CT molecular complexity index is 597. The molecular formula is C12H12Br2N4O. The van der Waals surface area contributed by atoms with Crippen molar-refractivity contribution in [3.63, 3.8) is 0 Å². The molecule has 0 bridgehead atoms. The van der Waals surface area contributed by atoms with Gasteiger partial charge in [-0.2, -0.15) is 0 Å². The summed E-state index contributed by atoms with van der Waals surface area (Å²) >= 11 is 6.71. The molecule has 0 saturated heterocycles. The third-order valence-corrected chi connectivity index (χ3v) is 3.80. The van der Waals surface area contributed by atoms with Crippen LogP contribution in [-0.2, 0) is 13.1 Å². The quantitative estimate of drug-likeness (QED) is 0.877. The zero-order valence-corrected chi connectivity index (χ0v) is 13.4. The molecule has 19 heavy (non-hydrogen) atoms. The van der Waals surface area contributed by atoms with Gasteiger partial charge in [0.1, 0.15) is 6.33 Å². The summed E-state index contributed by atoms with van der Waals surface area (Å²) in [6.07, 6.45) is 1.65. The smallest absolute Gasteiger partial charge is 0.252 e. The van der Waals surface area contributed by atoms with Crippen LogP contribution in [0.1, 0.15) is 23.1 Å². The van der Waals surface area contributed by atoms with E-state index in [2.05, 4.69) is 47.4 Å². The minimum atomic E-state index is -0.154. The monoisotopic (exact) mass is 386 g/mol. The first-order valence-corrected chi connectivity index (χ1v) is 7.30. The fourth-order valence-electron chi connectivity index (χ4n) is 1.61. The van der Waals surface area contributed by atoms with Crippen molar-refractivity contribution in [3.8, 4) is 0 Å². The van der Waals surface area contributed by atoms with Crippen molar-refractivity contribution in [2.45, 2.75) is 20.0 Å². The molecule has 1 N–H and O–H groups in total.